The van der Waals surface area contributed by atoms with Crippen molar-refractivity contribution in [3.8, 4) is 11.3 Å². The largest absolute Gasteiger partial charge is 0.404 e. The van der Waals surface area contributed by atoms with E-state index in [9.17, 15) is 26.0 Å². The molecular formula is C24H28F4N4O2S. The first-order valence-electron chi connectivity index (χ1n) is 10.9. The molecule has 0 amide bonds. The Morgan fingerprint density at radius 3 is 2.31 bits per heavy atom. The molecule has 0 fully saturated rings. The number of nitrogens with zero attached hydrogens (tertiary/aromatic N) is 3. The minimum Gasteiger partial charge on any atom is -0.366 e. The number of aryl methyl sites for hydroxylation is 1. The molecule has 0 bridgehead atoms. The Kier molecular flexibility index (Phi) is 7.61. The van der Waals surface area contributed by atoms with Crippen molar-refractivity contribution in [2.75, 3.05) is 17.2 Å². The van der Waals surface area contributed by atoms with Crippen LogP contribution in [0.1, 0.15) is 32.0 Å². The van der Waals surface area contributed by atoms with Gasteiger partial charge in [0.2, 0.25) is 10.0 Å². The number of nitrogens with one attached hydrogen (secondary N) is 1. The van der Waals surface area contributed by atoms with Crippen LogP contribution in [0.3, 0.4) is 0 Å². The first kappa shape index (κ1) is 26.7. The van der Waals surface area contributed by atoms with Crippen molar-refractivity contribution in [2.24, 2.45) is 7.05 Å². The average molecular weight is 513 g/mol. The van der Waals surface area contributed by atoms with Gasteiger partial charge in [-0.25, -0.2) is 17.5 Å². The highest BCUT2D eigenvalue weighted by atomic mass is 32.2. The Morgan fingerprint density at radius 2 is 1.71 bits per heavy atom. The third kappa shape index (κ3) is 7.04. The van der Waals surface area contributed by atoms with Crippen molar-refractivity contribution in [1.29, 1.82) is 0 Å². The highest BCUT2D eigenvalue weighted by molar-refractivity contribution is 7.89. The maximum Gasteiger partial charge on any atom is 0.404 e. The number of halogens is 4. The molecule has 190 valence electrons. The summed E-state index contributed by atoms with van der Waals surface area (Å²) >= 11 is 0. The fourth-order valence-electron chi connectivity index (χ4n) is 3.87. The average Bonchev–Trinajstić information content (AvgIpc) is 3.10. The van der Waals surface area contributed by atoms with Crippen molar-refractivity contribution in [3.63, 3.8) is 0 Å². The summed E-state index contributed by atoms with van der Waals surface area (Å²) in [5, 5.41) is 4.57. The van der Waals surface area contributed by atoms with Crippen molar-refractivity contribution in [3.05, 3.63) is 71.7 Å². The van der Waals surface area contributed by atoms with Crippen LogP contribution >= 0.6 is 0 Å². The quantitative estimate of drug-likeness (QED) is 0.411. The lowest BCUT2D eigenvalue weighted by atomic mass is 9.93. The number of alkyl halides is 3. The summed E-state index contributed by atoms with van der Waals surface area (Å²) < 4.78 is 79.2. The Labute approximate surface area is 202 Å². The van der Waals surface area contributed by atoms with E-state index in [4.69, 9.17) is 0 Å². The summed E-state index contributed by atoms with van der Waals surface area (Å²) in [5.41, 5.74) is 2.34. The molecular weight excluding hydrogens is 484 g/mol. The Balaban J connectivity index is 1.85. The monoisotopic (exact) mass is 512 g/mol. The first-order chi connectivity index (χ1) is 16.2. The van der Waals surface area contributed by atoms with E-state index >= 15 is 0 Å². The second-order valence-electron chi connectivity index (χ2n) is 8.82. The van der Waals surface area contributed by atoms with Gasteiger partial charge in [-0.1, -0.05) is 18.2 Å². The standard InChI is InChI=1S/C24H28F4N4O2S/c1-5-32(21-11-9-19(25)10-12-21)15-20-14-22(31(4)29-20)17-7-6-8-18(13-17)23(2,3)30-35(33,34)16-24(26,27)28/h6-14,30H,5,15-16H2,1-4H3. The molecule has 0 saturated carbocycles. The van der Waals surface area contributed by atoms with Gasteiger partial charge in [-0.3, -0.25) is 4.68 Å². The Bertz CT molecular complexity index is 1270. The highest BCUT2D eigenvalue weighted by Gasteiger charge is 2.38. The van der Waals surface area contributed by atoms with Gasteiger partial charge in [0.25, 0.3) is 0 Å². The van der Waals surface area contributed by atoms with E-state index in [0.717, 1.165) is 22.6 Å². The fourth-order valence-corrected chi connectivity index (χ4v) is 5.27. The molecule has 0 aliphatic heterocycles. The van der Waals surface area contributed by atoms with Gasteiger partial charge in [0.05, 0.1) is 23.5 Å². The van der Waals surface area contributed by atoms with Crippen molar-refractivity contribution in [2.45, 2.75) is 39.0 Å². The minimum absolute atomic E-state index is 0.312. The van der Waals surface area contributed by atoms with Crippen molar-refractivity contribution >= 4 is 15.7 Å². The molecule has 0 saturated heterocycles. The van der Waals surface area contributed by atoms with Gasteiger partial charge in [0.15, 0.2) is 5.75 Å². The third-order valence-electron chi connectivity index (χ3n) is 5.50. The van der Waals surface area contributed by atoms with Crippen LogP contribution in [0.2, 0.25) is 0 Å². The summed E-state index contributed by atoms with van der Waals surface area (Å²) in [6, 6.07) is 15.0. The lowest BCUT2D eigenvalue weighted by Crippen LogP contribution is -2.44. The van der Waals surface area contributed by atoms with Gasteiger partial charge < -0.3 is 4.90 Å². The number of benzene rings is 2. The van der Waals surface area contributed by atoms with Crippen LogP contribution in [0.5, 0.6) is 0 Å². The van der Waals surface area contributed by atoms with Crippen LogP contribution in [0, 0.1) is 5.82 Å². The summed E-state index contributed by atoms with van der Waals surface area (Å²) in [7, 11) is -2.82. The van der Waals surface area contributed by atoms with Crippen LogP contribution in [-0.2, 0) is 29.2 Å². The molecule has 1 heterocycles. The van der Waals surface area contributed by atoms with Gasteiger partial charge in [-0.15, -0.1) is 0 Å². The second kappa shape index (κ2) is 9.98. The predicted octanol–water partition coefficient (Wildman–Crippen LogP) is 4.97. The highest BCUT2D eigenvalue weighted by Crippen LogP contribution is 2.29. The van der Waals surface area contributed by atoms with Crippen LogP contribution in [0.25, 0.3) is 11.3 Å². The zero-order valence-electron chi connectivity index (χ0n) is 19.9. The molecule has 1 aromatic heterocycles. The molecule has 0 spiro atoms. The predicted molar refractivity (Wildman–Crippen MR) is 128 cm³/mol. The van der Waals surface area contributed by atoms with Crippen LogP contribution in [-0.4, -0.2) is 36.7 Å². The van der Waals surface area contributed by atoms with E-state index < -0.39 is 27.5 Å². The van der Waals surface area contributed by atoms with Crippen molar-refractivity contribution < 1.29 is 26.0 Å². The molecule has 0 aliphatic carbocycles. The molecule has 3 rings (SSSR count). The summed E-state index contributed by atoms with van der Waals surface area (Å²) in [6.07, 6.45) is -4.84. The third-order valence-corrected chi connectivity index (χ3v) is 7.03. The molecule has 6 nitrogen and oxygen atoms in total. The van der Waals surface area contributed by atoms with E-state index in [1.807, 2.05) is 24.0 Å². The number of hydrogen-bond acceptors (Lipinski definition) is 4. The number of aromatic nitrogens is 2. The van der Waals surface area contributed by atoms with Gasteiger partial charge >= 0.3 is 6.18 Å². The van der Waals surface area contributed by atoms with Gasteiger partial charge in [0, 0.05) is 24.8 Å². The molecule has 35 heavy (non-hydrogen) atoms. The normalized spacial score (nSPS) is 12.7. The summed E-state index contributed by atoms with van der Waals surface area (Å²) in [6.45, 7) is 6.17. The molecule has 3 aromatic rings. The maximum atomic E-state index is 13.3. The number of rotatable bonds is 9. The second-order valence-corrected chi connectivity index (χ2v) is 10.5. The molecule has 0 radical (unpaired) electrons. The van der Waals surface area contributed by atoms with E-state index in [1.165, 1.54) is 26.0 Å². The van der Waals surface area contributed by atoms with E-state index in [1.54, 1.807) is 42.1 Å². The smallest absolute Gasteiger partial charge is 0.366 e. The topological polar surface area (TPSA) is 67.2 Å². The van der Waals surface area contributed by atoms with E-state index in [-0.39, 0.29) is 5.82 Å². The van der Waals surface area contributed by atoms with Crippen LogP contribution in [0.15, 0.2) is 54.6 Å². The van der Waals surface area contributed by atoms with Gasteiger partial charge in [0.1, 0.15) is 5.82 Å². The molecule has 2 aromatic carbocycles. The van der Waals surface area contributed by atoms with E-state index in [0.29, 0.717) is 18.7 Å². The van der Waals surface area contributed by atoms with Gasteiger partial charge in [-0.2, -0.15) is 18.3 Å². The summed E-state index contributed by atoms with van der Waals surface area (Å²) in [5.74, 6) is -2.26. The Hall–Kier alpha value is -2.92. The molecule has 0 unspecified atom stereocenters. The van der Waals surface area contributed by atoms with Crippen LogP contribution < -0.4 is 9.62 Å². The maximum absolute atomic E-state index is 13.3. The minimum atomic E-state index is -4.84. The van der Waals surface area contributed by atoms with E-state index in [2.05, 4.69) is 9.82 Å². The summed E-state index contributed by atoms with van der Waals surface area (Å²) in [4.78, 5) is 2.04. The molecule has 0 atom stereocenters. The Morgan fingerprint density at radius 1 is 1.06 bits per heavy atom. The van der Waals surface area contributed by atoms with Crippen molar-refractivity contribution in [1.82, 2.24) is 14.5 Å². The fraction of sp³-hybridized carbons (Fsp3) is 0.375. The zero-order valence-corrected chi connectivity index (χ0v) is 20.7. The molecule has 0 aliphatic rings. The van der Waals surface area contributed by atoms with Crippen LogP contribution in [0.4, 0.5) is 23.2 Å². The molecule has 1 N–H and O–H groups in total. The number of hydrogen-bond donors (Lipinski definition) is 1. The number of sulfonamides is 1. The molecule has 11 heteroatoms. The number of anilines is 1. The lowest BCUT2D eigenvalue weighted by Gasteiger charge is -2.27. The first-order valence-corrected chi connectivity index (χ1v) is 12.6. The lowest BCUT2D eigenvalue weighted by molar-refractivity contribution is -0.106. The van der Waals surface area contributed by atoms with Gasteiger partial charge in [-0.05, 0) is 62.7 Å². The SMILES string of the molecule is CCN(Cc1cc(-c2cccc(C(C)(C)NS(=O)(=O)CC(F)(F)F)c2)n(C)n1)c1ccc(F)cc1. The zero-order chi connectivity index (χ0) is 26.0.